The molecule has 1 aromatic carbocycles. The van der Waals surface area contributed by atoms with Crippen LogP contribution in [0.1, 0.15) is 37.7 Å². The third kappa shape index (κ3) is 3.86. The Morgan fingerprint density at radius 1 is 1.32 bits per heavy atom. The molecular weight excluding hydrogens is 234 g/mol. The minimum absolute atomic E-state index is 0.0477. The smallest absolute Gasteiger partial charge is 0.119 e. The SMILES string of the molecule is COc1cccc(/C=C/[C@@H](C#N)C2CCCCC2)c1. The van der Waals surface area contributed by atoms with E-state index >= 15 is 0 Å². The first kappa shape index (κ1) is 13.7. The maximum absolute atomic E-state index is 9.33. The average molecular weight is 255 g/mol. The number of methoxy groups -OCH3 is 1. The number of hydrogen-bond donors (Lipinski definition) is 0. The average Bonchev–Trinajstić information content (AvgIpc) is 2.49. The number of rotatable bonds is 4. The van der Waals surface area contributed by atoms with E-state index in [2.05, 4.69) is 12.1 Å². The van der Waals surface area contributed by atoms with Crippen LogP contribution in [0.25, 0.3) is 6.08 Å². The van der Waals surface area contributed by atoms with Gasteiger partial charge in [0.15, 0.2) is 0 Å². The van der Waals surface area contributed by atoms with Crippen molar-refractivity contribution in [2.24, 2.45) is 11.8 Å². The molecule has 19 heavy (non-hydrogen) atoms. The Kier molecular flexibility index (Phi) is 5.03. The van der Waals surface area contributed by atoms with Crippen LogP contribution in [0, 0.1) is 23.2 Å². The molecule has 0 heterocycles. The molecule has 0 aromatic heterocycles. The van der Waals surface area contributed by atoms with Crippen molar-refractivity contribution >= 4 is 6.08 Å². The number of benzene rings is 1. The standard InChI is InChI=1S/C17H21NO/c1-19-17-9-5-6-14(12-17)10-11-16(13-18)15-7-3-2-4-8-15/h5-6,9-12,15-16H,2-4,7-8H2,1H3/b11-10+/t16-/m0/s1. The lowest BCUT2D eigenvalue weighted by atomic mass is 9.80. The third-order valence-electron chi connectivity index (χ3n) is 3.90. The van der Waals surface area contributed by atoms with Gasteiger partial charge < -0.3 is 4.74 Å². The molecule has 1 aliphatic rings. The maximum atomic E-state index is 9.33. The van der Waals surface area contributed by atoms with E-state index < -0.39 is 0 Å². The van der Waals surface area contributed by atoms with Gasteiger partial charge >= 0.3 is 0 Å². The van der Waals surface area contributed by atoms with Gasteiger partial charge in [-0.05, 0) is 36.5 Å². The Balaban J connectivity index is 2.04. The number of allylic oxidation sites excluding steroid dienone is 1. The summed E-state index contributed by atoms with van der Waals surface area (Å²) in [5.41, 5.74) is 1.09. The van der Waals surface area contributed by atoms with E-state index in [1.807, 2.05) is 30.3 Å². The topological polar surface area (TPSA) is 33.0 Å². The van der Waals surface area contributed by atoms with Crippen molar-refractivity contribution in [2.45, 2.75) is 32.1 Å². The predicted octanol–water partition coefficient (Wildman–Crippen LogP) is 4.43. The van der Waals surface area contributed by atoms with Crippen molar-refractivity contribution in [2.75, 3.05) is 7.11 Å². The molecule has 0 bridgehead atoms. The molecule has 0 N–H and O–H groups in total. The summed E-state index contributed by atoms with van der Waals surface area (Å²) in [5.74, 6) is 1.44. The highest BCUT2D eigenvalue weighted by molar-refractivity contribution is 5.52. The molecule has 0 radical (unpaired) electrons. The van der Waals surface area contributed by atoms with E-state index in [1.165, 1.54) is 32.1 Å². The Morgan fingerprint density at radius 2 is 2.11 bits per heavy atom. The Bertz CT molecular complexity index is 466. The van der Waals surface area contributed by atoms with Gasteiger partial charge in [-0.2, -0.15) is 5.26 Å². The largest absolute Gasteiger partial charge is 0.497 e. The molecular formula is C17H21NO. The van der Waals surface area contributed by atoms with Crippen LogP contribution in [-0.4, -0.2) is 7.11 Å². The summed E-state index contributed by atoms with van der Waals surface area (Å²) in [4.78, 5) is 0. The molecule has 100 valence electrons. The minimum atomic E-state index is 0.0477. The highest BCUT2D eigenvalue weighted by atomic mass is 16.5. The highest BCUT2D eigenvalue weighted by Crippen LogP contribution is 2.30. The van der Waals surface area contributed by atoms with Crippen LogP contribution in [0.4, 0.5) is 0 Å². The monoisotopic (exact) mass is 255 g/mol. The maximum Gasteiger partial charge on any atom is 0.119 e. The van der Waals surface area contributed by atoms with Crippen molar-refractivity contribution in [3.63, 3.8) is 0 Å². The van der Waals surface area contributed by atoms with Crippen molar-refractivity contribution < 1.29 is 4.74 Å². The second-order valence-corrected chi connectivity index (χ2v) is 5.19. The fraction of sp³-hybridized carbons (Fsp3) is 0.471. The third-order valence-corrected chi connectivity index (χ3v) is 3.90. The lowest BCUT2D eigenvalue weighted by Gasteiger charge is -2.23. The van der Waals surface area contributed by atoms with E-state index in [9.17, 15) is 5.26 Å². The minimum Gasteiger partial charge on any atom is -0.497 e. The fourth-order valence-corrected chi connectivity index (χ4v) is 2.76. The van der Waals surface area contributed by atoms with Crippen LogP contribution < -0.4 is 4.74 Å². The van der Waals surface area contributed by atoms with Gasteiger partial charge in [-0.25, -0.2) is 0 Å². The molecule has 1 aliphatic carbocycles. The Labute approximate surface area is 115 Å². The summed E-state index contributed by atoms with van der Waals surface area (Å²) in [6, 6.07) is 10.4. The van der Waals surface area contributed by atoms with Gasteiger partial charge in [0.05, 0.1) is 19.1 Å². The van der Waals surface area contributed by atoms with Crippen molar-refractivity contribution in [1.29, 1.82) is 5.26 Å². The van der Waals surface area contributed by atoms with Gasteiger partial charge in [-0.1, -0.05) is 43.5 Å². The molecule has 0 saturated heterocycles. The van der Waals surface area contributed by atoms with Crippen LogP contribution in [-0.2, 0) is 0 Å². The molecule has 0 amide bonds. The summed E-state index contributed by atoms with van der Waals surface area (Å²) in [6.45, 7) is 0. The van der Waals surface area contributed by atoms with Crippen LogP contribution in [0.5, 0.6) is 5.75 Å². The van der Waals surface area contributed by atoms with Gasteiger partial charge in [-0.15, -0.1) is 0 Å². The first-order valence-corrected chi connectivity index (χ1v) is 7.05. The lowest BCUT2D eigenvalue weighted by molar-refractivity contribution is 0.323. The van der Waals surface area contributed by atoms with E-state index in [-0.39, 0.29) is 5.92 Å². The van der Waals surface area contributed by atoms with E-state index in [4.69, 9.17) is 4.74 Å². The molecule has 2 heteroatoms. The van der Waals surface area contributed by atoms with Gasteiger partial charge in [0, 0.05) is 0 Å². The molecule has 1 fully saturated rings. The summed E-state index contributed by atoms with van der Waals surface area (Å²) in [7, 11) is 1.67. The van der Waals surface area contributed by atoms with E-state index in [0.717, 1.165) is 11.3 Å². The first-order valence-electron chi connectivity index (χ1n) is 7.05. The van der Waals surface area contributed by atoms with Crippen LogP contribution in [0.3, 0.4) is 0 Å². The molecule has 1 aromatic rings. The Morgan fingerprint density at radius 3 is 2.79 bits per heavy atom. The van der Waals surface area contributed by atoms with Gasteiger partial charge in [0.2, 0.25) is 0 Å². The zero-order valence-electron chi connectivity index (χ0n) is 11.5. The summed E-state index contributed by atoms with van der Waals surface area (Å²) >= 11 is 0. The van der Waals surface area contributed by atoms with Gasteiger partial charge in [0.1, 0.15) is 5.75 Å². The predicted molar refractivity (Wildman–Crippen MR) is 77.7 cm³/mol. The van der Waals surface area contributed by atoms with Gasteiger partial charge in [-0.3, -0.25) is 0 Å². The fourth-order valence-electron chi connectivity index (χ4n) is 2.76. The summed E-state index contributed by atoms with van der Waals surface area (Å²) in [6.07, 6.45) is 10.4. The van der Waals surface area contributed by atoms with Gasteiger partial charge in [0.25, 0.3) is 0 Å². The van der Waals surface area contributed by atoms with Crippen molar-refractivity contribution in [1.82, 2.24) is 0 Å². The second kappa shape index (κ2) is 6.99. The zero-order chi connectivity index (χ0) is 13.5. The lowest BCUT2D eigenvalue weighted by Crippen LogP contribution is -2.14. The molecule has 1 atom stereocenters. The molecule has 0 aliphatic heterocycles. The first-order chi connectivity index (χ1) is 9.33. The van der Waals surface area contributed by atoms with Crippen LogP contribution >= 0.6 is 0 Å². The van der Waals surface area contributed by atoms with E-state index in [1.54, 1.807) is 7.11 Å². The number of ether oxygens (including phenoxy) is 1. The van der Waals surface area contributed by atoms with Crippen molar-refractivity contribution in [3.8, 4) is 11.8 Å². The molecule has 0 unspecified atom stereocenters. The quantitative estimate of drug-likeness (QED) is 0.797. The number of nitrogens with zero attached hydrogens (tertiary/aromatic N) is 1. The van der Waals surface area contributed by atoms with E-state index in [0.29, 0.717) is 5.92 Å². The summed E-state index contributed by atoms with van der Waals surface area (Å²) in [5, 5.41) is 9.33. The van der Waals surface area contributed by atoms with Crippen molar-refractivity contribution in [3.05, 3.63) is 35.9 Å². The Hall–Kier alpha value is -1.75. The molecule has 2 nitrogen and oxygen atoms in total. The molecule has 2 rings (SSSR count). The van der Waals surface area contributed by atoms with Crippen LogP contribution in [0.15, 0.2) is 30.3 Å². The molecule has 1 saturated carbocycles. The summed E-state index contributed by atoms with van der Waals surface area (Å²) < 4.78 is 5.21. The molecule has 0 spiro atoms. The van der Waals surface area contributed by atoms with Crippen LogP contribution in [0.2, 0.25) is 0 Å². The highest BCUT2D eigenvalue weighted by Gasteiger charge is 2.21. The second-order valence-electron chi connectivity index (χ2n) is 5.19. The normalized spacial score (nSPS) is 18.1. The zero-order valence-corrected chi connectivity index (χ0v) is 11.5. The number of hydrogen-bond acceptors (Lipinski definition) is 2. The number of nitriles is 1.